The molecule has 1 aromatic carbocycles. The molecule has 0 radical (unpaired) electrons. The highest BCUT2D eigenvalue weighted by Gasteiger charge is 2.09. The number of hydrogen-bond donors (Lipinski definition) is 0. The fraction of sp³-hybridized carbons (Fsp3) is 0.133. The lowest BCUT2D eigenvalue weighted by molar-refractivity contribution is 0.0519. The molecule has 0 aliphatic heterocycles. The van der Waals surface area contributed by atoms with Gasteiger partial charge in [0.2, 0.25) is 0 Å². The van der Waals surface area contributed by atoms with Crippen molar-refractivity contribution in [3.63, 3.8) is 0 Å². The van der Waals surface area contributed by atoms with Crippen molar-refractivity contribution in [3.05, 3.63) is 53.7 Å². The van der Waals surface area contributed by atoms with Crippen LogP contribution in [0.1, 0.15) is 23.0 Å². The maximum atomic E-state index is 11.6. The predicted molar refractivity (Wildman–Crippen MR) is 70.3 cm³/mol. The van der Waals surface area contributed by atoms with Crippen LogP contribution in [0.3, 0.4) is 0 Å². The van der Waals surface area contributed by atoms with Crippen LogP contribution in [-0.4, -0.2) is 17.6 Å². The van der Waals surface area contributed by atoms with E-state index >= 15 is 0 Å². The number of pyridine rings is 1. The van der Waals surface area contributed by atoms with Crippen molar-refractivity contribution in [2.45, 2.75) is 6.92 Å². The van der Waals surface area contributed by atoms with Crippen LogP contribution in [-0.2, 0) is 4.74 Å². The molecule has 0 fully saturated rings. The molecule has 2 aromatic rings. The number of carbonyl (C=O) groups is 1. The number of aromatic nitrogens is 1. The molecule has 2 rings (SSSR count). The number of hydrogen-bond acceptors (Lipinski definition) is 4. The third-order valence-corrected chi connectivity index (χ3v) is 2.54. The van der Waals surface area contributed by atoms with Crippen LogP contribution in [0.2, 0.25) is 0 Å². The molecule has 19 heavy (non-hydrogen) atoms. The van der Waals surface area contributed by atoms with E-state index in [4.69, 9.17) is 10.00 Å². The van der Waals surface area contributed by atoms with E-state index in [2.05, 4.69) is 11.1 Å². The van der Waals surface area contributed by atoms with Crippen molar-refractivity contribution in [2.24, 2.45) is 0 Å². The maximum Gasteiger partial charge on any atom is 0.356 e. The van der Waals surface area contributed by atoms with E-state index in [1.54, 1.807) is 43.3 Å². The van der Waals surface area contributed by atoms with E-state index in [0.717, 1.165) is 5.56 Å². The van der Waals surface area contributed by atoms with Crippen LogP contribution >= 0.6 is 0 Å². The normalized spacial score (nSPS) is 9.68. The van der Waals surface area contributed by atoms with Crippen LogP contribution in [0.5, 0.6) is 0 Å². The number of carbonyl (C=O) groups excluding carboxylic acids is 1. The van der Waals surface area contributed by atoms with Gasteiger partial charge in [-0.1, -0.05) is 18.2 Å². The van der Waals surface area contributed by atoms with Gasteiger partial charge >= 0.3 is 5.97 Å². The van der Waals surface area contributed by atoms with Crippen molar-refractivity contribution in [1.29, 1.82) is 5.26 Å². The fourth-order valence-electron chi connectivity index (χ4n) is 1.63. The zero-order chi connectivity index (χ0) is 13.7. The SMILES string of the molecule is CCOC(=O)c1cccc(-c2ccc(C#N)cc2)n1. The zero-order valence-electron chi connectivity index (χ0n) is 10.5. The number of esters is 1. The number of rotatable bonds is 3. The van der Waals surface area contributed by atoms with Gasteiger partial charge in [0, 0.05) is 5.56 Å². The monoisotopic (exact) mass is 252 g/mol. The minimum atomic E-state index is -0.432. The van der Waals surface area contributed by atoms with Gasteiger partial charge in [-0.15, -0.1) is 0 Å². The second kappa shape index (κ2) is 5.78. The summed E-state index contributed by atoms with van der Waals surface area (Å²) in [6.45, 7) is 2.07. The first kappa shape index (κ1) is 12.8. The lowest BCUT2D eigenvalue weighted by Gasteiger charge is -2.04. The van der Waals surface area contributed by atoms with E-state index in [0.29, 0.717) is 17.9 Å². The van der Waals surface area contributed by atoms with Gasteiger partial charge in [-0.25, -0.2) is 9.78 Å². The molecule has 0 amide bonds. The van der Waals surface area contributed by atoms with Crippen LogP contribution in [0.15, 0.2) is 42.5 Å². The van der Waals surface area contributed by atoms with E-state index in [9.17, 15) is 4.79 Å². The van der Waals surface area contributed by atoms with E-state index in [-0.39, 0.29) is 5.69 Å². The Morgan fingerprint density at radius 1 is 1.26 bits per heavy atom. The summed E-state index contributed by atoms with van der Waals surface area (Å²) in [4.78, 5) is 15.9. The molecule has 0 aliphatic carbocycles. The highest BCUT2D eigenvalue weighted by atomic mass is 16.5. The highest BCUT2D eigenvalue weighted by molar-refractivity contribution is 5.87. The van der Waals surface area contributed by atoms with Gasteiger partial charge in [-0.2, -0.15) is 5.26 Å². The summed E-state index contributed by atoms with van der Waals surface area (Å²) >= 11 is 0. The summed E-state index contributed by atoms with van der Waals surface area (Å²) in [6, 6.07) is 14.3. The molecule has 4 nitrogen and oxygen atoms in total. The molecule has 4 heteroatoms. The largest absolute Gasteiger partial charge is 0.461 e. The third-order valence-electron chi connectivity index (χ3n) is 2.54. The number of nitrogens with zero attached hydrogens (tertiary/aromatic N) is 2. The molecule has 0 saturated carbocycles. The molecule has 0 spiro atoms. The minimum Gasteiger partial charge on any atom is -0.461 e. The first-order chi connectivity index (χ1) is 9.24. The van der Waals surface area contributed by atoms with Crippen LogP contribution < -0.4 is 0 Å². The molecule has 94 valence electrons. The molecule has 0 N–H and O–H groups in total. The molecule has 1 heterocycles. The van der Waals surface area contributed by atoms with Crippen LogP contribution in [0.25, 0.3) is 11.3 Å². The number of nitriles is 1. The Morgan fingerprint density at radius 2 is 2.00 bits per heavy atom. The van der Waals surface area contributed by atoms with Crippen LogP contribution in [0.4, 0.5) is 0 Å². The average molecular weight is 252 g/mol. The molecule has 0 saturated heterocycles. The van der Waals surface area contributed by atoms with E-state index < -0.39 is 5.97 Å². The average Bonchev–Trinajstić information content (AvgIpc) is 2.48. The molecule has 0 unspecified atom stereocenters. The Labute approximate surface area is 111 Å². The summed E-state index contributed by atoms with van der Waals surface area (Å²) in [5, 5.41) is 8.75. The predicted octanol–water partition coefficient (Wildman–Crippen LogP) is 2.80. The molecule has 0 bridgehead atoms. The summed E-state index contributed by atoms with van der Waals surface area (Å²) in [6.07, 6.45) is 0. The number of ether oxygens (including phenoxy) is 1. The summed E-state index contributed by atoms with van der Waals surface area (Å²) in [7, 11) is 0. The maximum absolute atomic E-state index is 11.6. The van der Waals surface area contributed by atoms with Gasteiger partial charge in [0.15, 0.2) is 0 Å². The van der Waals surface area contributed by atoms with Gasteiger partial charge < -0.3 is 4.74 Å². The molecule has 0 aliphatic rings. The van der Waals surface area contributed by atoms with Crippen molar-refractivity contribution in [1.82, 2.24) is 4.98 Å². The van der Waals surface area contributed by atoms with Gasteiger partial charge in [0.25, 0.3) is 0 Å². The van der Waals surface area contributed by atoms with Gasteiger partial charge in [0.05, 0.1) is 23.9 Å². The number of benzene rings is 1. The lowest BCUT2D eigenvalue weighted by Crippen LogP contribution is -2.07. The van der Waals surface area contributed by atoms with Gasteiger partial charge in [-0.05, 0) is 31.2 Å². The van der Waals surface area contributed by atoms with Crippen molar-refractivity contribution >= 4 is 5.97 Å². The van der Waals surface area contributed by atoms with Gasteiger partial charge in [0.1, 0.15) is 5.69 Å². The Kier molecular flexibility index (Phi) is 3.89. The second-order valence-corrected chi connectivity index (χ2v) is 3.82. The summed E-state index contributed by atoms with van der Waals surface area (Å²) in [5.74, 6) is -0.432. The Morgan fingerprint density at radius 3 is 2.63 bits per heavy atom. The first-order valence-corrected chi connectivity index (χ1v) is 5.89. The zero-order valence-corrected chi connectivity index (χ0v) is 10.5. The smallest absolute Gasteiger partial charge is 0.356 e. The lowest BCUT2D eigenvalue weighted by atomic mass is 10.1. The Bertz CT molecular complexity index is 627. The molecule has 1 aromatic heterocycles. The van der Waals surface area contributed by atoms with Crippen LogP contribution in [0, 0.1) is 11.3 Å². The second-order valence-electron chi connectivity index (χ2n) is 3.82. The molecular weight excluding hydrogens is 240 g/mol. The Hall–Kier alpha value is -2.67. The topological polar surface area (TPSA) is 63.0 Å². The van der Waals surface area contributed by atoms with Gasteiger partial charge in [-0.3, -0.25) is 0 Å². The molecule has 0 atom stereocenters. The van der Waals surface area contributed by atoms with Crippen molar-refractivity contribution in [2.75, 3.05) is 6.61 Å². The molecular formula is C15H12N2O2. The fourth-order valence-corrected chi connectivity index (χ4v) is 1.63. The third kappa shape index (κ3) is 2.96. The van der Waals surface area contributed by atoms with Crippen molar-refractivity contribution < 1.29 is 9.53 Å². The van der Waals surface area contributed by atoms with Crippen molar-refractivity contribution in [3.8, 4) is 17.3 Å². The van der Waals surface area contributed by atoms with E-state index in [1.807, 2.05) is 6.07 Å². The quantitative estimate of drug-likeness (QED) is 0.788. The van der Waals surface area contributed by atoms with E-state index in [1.165, 1.54) is 0 Å². The summed E-state index contributed by atoms with van der Waals surface area (Å²) in [5.41, 5.74) is 2.40. The highest BCUT2D eigenvalue weighted by Crippen LogP contribution is 2.18. The summed E-state index contributed by atoms with van der Waals surface area (Å²) < 4.78 is 4.91. The minimum absolute atomic E-state index is 0.281. The Balaban J connectivity index is 2.32. The first-order valence-electron chi connectivity index (χ1n) is 5.89. The standard InChI is InChI=1S/C15H12N2O2/c1-2-19-15(18)14-5-3-4-13(17-14)12-8-6-11(10-16)7-9-12/h3-9H,2H2,1H3.